The molecule has 0 fully saturated rings. The number of benzene rings is 1. The van der Waals surface area contributed by atoms with Crippen molar-refractivity contribution in [1.29, 1.82) is 0 Å². The molecule has 1 aliphatic carbocycles. The Hall–Kier alpha value is -1.83. The van der Waals surface area contributed by atoms with E-state index in [1.807, 2.05) is 0 Å². The minimum absolute atomic E-state index is 0.403. The Morgan fingerprint density at radius 1 is 1.19 bits per heavy atom. The highest BCUT2D eigenvalue weighted by molar-refractivity contribution is 5.99. The predicted octanol–water partition coefficient (Wildman–Crippen LogP) is 4.50. The summed E-state index contributed by atoms with van der Waals surface area (Å²) in [6.07, 6.45) is 3.59. The van der Waals surface area contributed by atoms with Gasteiger partial charge in [0.2, 0.25) is 0 Å². The third kappa shape index (κ3) is 1.75. The van der Waals surface area contributed by atoms with Crippen molar-refractivity contribution in [3.8, 4) is 11.3 Å². The minimum atomic E-state index is 0.403. The van der Waals surface area contributed by atoms with Crippen molar-refractivity contribution in [3.05, 3.63) is 41.2 Å². The summed E-state index contributed by atoms with van der Waals surface area (Å²) in [5.74, 6) is 0. The average molecular weight is 278 g/mol. The van der Waals surface area contributed by atoms with Gasteiger partial charge in [0.25, 0.3) is 0 Å². The number of fused-ring (bicyclic) bond motifs is 5. The molecule has 0 spiro atoms. The van der Waals surface area contributed by atoms with Gasteiger partial charge in [0.05, 0.1) is 11.2 Å². The summed E-state index contributed by atoms with van der Waals surface area (Å²) in [4.78, 5) is 4.90. The van der Waals surface area contributed by atoms with E-state index in [0.29, 0.717) is 5.41 Å². The lowest BCUT2D eigenvalue weighted by Gasteiger charge is -2.35. The lowest BCUT2D eigenvalue weighted by molar-refractivity contribution is 0.305. The van der Waals surface area contributed by atoms with Crippen LogP contribution in [0.5, 0.6) is 0 Å². The summed E-state index contributed by atoms with van der Waals surface area (Å²) in [7, 11) is 2.20. The molecule has 108 valence electrons. The van der Waals surface area contributed by atoms with Gasteiger partial charge >= 0.3 is 0 Å². The molecule has 0 N–H and O–H groups in total. The maximum atomic E-state index is 4.90. The zero-order valence-electron chi connectivity index (χ0n) is 13.3. The van der Waals surface area contributed by atoms with Crippen LogP contribution in [-0.4, -0.2) is 9.55 Å². The molecule has 3 aliphatic rings. The Morgan fingerprint density at radius 2 is 1.95 bits per heavy atom. The van der Waals surface area contributed by atoms with Gasteiger partial charge < -0.3 is 4.57 Å². The summed E-state index contributed by atoms with van der Waals surface area (Å²) in [6.45, 7) is 6.98. The van der Waals surface area contributed by atoms with Crippen molar-refractivity contribution in [3.63, 3.8) is 0 Å². The number of hydrogen-bond acceptors (Lipinski definition) is 1. The fourth-order valence-electron chi connectivity index (χ4n) is 3.86. The Balaban J connectivity index is 2.14. The summed E-state index contributed by atoms with van der Waals surface area (Å²) >= 11 is 0. The molecule has 0 atom stereocenters. The topological polar surface area (TPSA) is 17.8 Å². The van der Waals surface area contributed by atoms with Crippen LogP contribution < -0.4 is 0 Å². The van der Waals surface area contributed by atoms with Gasteiger partial charge in [-0.15, -0.1) is 0 Å². The van der Waals surface area contributed by atoms with Gasteiger partial charge in [0, 0.05) is 29.4 Å². The maximum absolute atomic E-state index is 4.90. The van der Waals surface area contributed by atoms with Gasteiger partial charge in [0.1, 0.15) is 0 Å². The highest BCUT2D eigenvalue weighted by atomic mass is 15.0. The van der Waals surface area contributed by atoms with Crippen LogP contribution in [0, 0.1) is 12.3 Å². The molecule has 1 aromatic carbocycles. The van der Waals surface area contributed by atoms with E-state index in [4.69, 9.17) is 4.98 Å². The van der Waals surface area contributed by atoms with Crippen molar-refractivity contribution in [2.75, 3.05) is 0 Å². The molecule has 0 aromatic heterocycles. The Labute approximate surface area is 126 Å². The molecule has 2 heterocycles. The van der Waals surface area contributed by atoms with Crippen molar-refractivity contribution >= 4 is 10.9 Å². The molecule has 0 radical (unpaired) electrons. The first-order valence-corrected chi connectivity index (χ1v) is 7.83. The first-order valence-electron chi connectivity index (χ1n) is 7.83. The second kappa shape index (κ2) is 4.09. The largest absolute Gasteiger partial charge is 0.350 e. The monoisotopic (exact) mass is 278 g/mol. The molecule has 2 nitrogen and oxygen atoms in total. The van der Waals surface area contributed by atoms with Gasteiger partial charge in [-0.05, 0) is 43.2 Å². The second-order valence-corrected chi connectivity index (χ2v) is 7.26. The van der Waals surface area contributed by atoms with Crippen LogP contribution in [0.1, 0.15) is 37.2 Å². The van der Waals surface area contributed by atoms with Crippen LogP contribution in [0.2, 0.25) is 0 Å². The summed E-state index contributed by atoms with van der Waals surface area (Å²) in [5.41, 5.74) is 8.47. The maximum Gasteiger partial charge on any atom is 0.0911 e. The molecule has 4 rings (SSSR count). The Kier molecular flexibility index (Phi) is 2.51. The van der Waals surface area contributed by atoms with E-state index in [2.05, 4.69) is 56.7 Å². The van der Waals surface area contributed by atoms with Gasteiger partial charge in [-0.3, -0.25) is 0 Å². The van der Waals surface area contributed by atoms with Crippen molar-refractivity contribution in [2.45, 2.75) is 40.0 Å². The van der Waals surface area contributed by atoms with E-state index in [1.165, 1.54) is 46.4 Å². The predicted molar refractivity (Wildman–Crippen MR) is 87.9 cm³/mol. The zero-order chi connectivity index (χ0) is 14.8. The molecule has 0 saturated carbocycles. The van der Waals surface area contributed by atoms with Crippen molar-refractivity contribution < 1.29 is 0 Å². The molecule has 21 heavy (non-hydrogen) atoms. The average Bonchev–Trinajstić information content (AvgIpc) is 2.84. The normalized spacial score (nSPS) is 17.3. The highest BCUT2D eigenvalue weighted by Crippen LogP contribution is 2.44. The fourth-order valence-corrected chi connectivity index (χ4v) is 3.86. The number of rotatable bonds is 0. The third-order valence-corrected chi connectivity index (χ3v) is 5.24. The molecular formula is C19H22N2. The van der Waals surface area contributed by atoms with Gasteiger partial charge in [-0.2, -0.15) is 0 Å². The van der Waals surface area contributed by atoms with E-state index < -0.39 is 0 Å². The van der Waals surface area contributed by atoms with Crippen molar-refractivity contribution in [1.82, 2.24) is 9.55 Å². The van der Waals surface area contributed by atoms with E-state index >= 15 is 0 Å². The third-order valence-electron chi connectivity index (χ3n) is 5.24. The van der Waals surface area contributed by atoms with E-state index in [-0.39, 0.29) is 0 Å². The Morgan fingerprint density at radius 3 is 2.76 bits per heavy atom. The lowest BCUT2D eigenvalue weighted by Crippen LogP contribution is -2.27. The highest BCUT2D eigenvalue weighted by Gasteiger charge is 2.31. The number of aromatic nitrogens is 2. The molecule has 0 bridgehead atoms. The molecule has 2 aliphatic heterocycles. The van der Waals surface area contributed by atoms with Gasteiger partial charge in [-0.25, -0.2) is 4.98 Å². The van der Waals surface area contributed by atoms with Gasteiger partial charge in [0.15, 0.2) is 0 Å². The SMILES string of the molecule is Cc1c2nc3ccccc3c-2c2c(n1C)CC(C)(C)CC2. The molecule has 0 amide bonds. The fraction of sp³-hybridized carbons (Fsp3) is 0.421. The lowest BCUT2D eigenvalue weighted by atomic mass is 9.74. The standard InChI is InChI=1S/C19H22N2/c1-12-18-17(13-7-5-6-8-15(13)20-18)14-9-10-19(2,3)11-16(14)21(12)4/h5-8H,9-11H2,1-4H3. The van der Waals surface area contributed by atoms with Crippen LogP contribution in [-0.2, 0) is 19.9 Å². The van der Waals surface area contributed by atoms with Crippen LogP contribution in [0.3, 0.4) is 0 Å². The van der Waals surface area contributed by atoms with Crippen LogP contribution >= 0.6 is 0 Å². The number of pyridine rings is 1. The molecule has 1 aromatic rings. The molecule has 0 unspecified atom stereocenters. The number of nitrogens with zero attached hydrogens (tertiary/aromatic N) is 2. The van der Waals surface area contributed by atoms with E-state index in [9.17, 15) is 0 Å². The zero-order valence-corrected chi connectivity index (χ0v) is 13.3. The molecular weight excluding hydrogens is 256 g/mol. The van der Waals surface area contributed by atoms with Crippen LogP contribution in [0.15, 0.2) is 24.3 Å². The Bertz CT molecular complexity index is 823. The van der Waals surface area contributed by atoms with Crippen molar-refractivity contribution in [2.24, 2.45) is 12.5 Å². The number of para-hydroxylation sites is 1. The van der Waals surface area contributed by atoms with E-state index in [1.54, 1.807) is 0 Å². The number of hydrogen-bond donors (Lipinski definition) is 0. The minimum Gasteiger partial charge on any atom is -0.350 e. The summed E-state index contributed by atoms with van der Waals surface area (Å²) in [5, 5.41) is 1.33. The summed E-state index contributed by atoms with van der Waals surface area (Å²) in [6, 6.07) is 8.57. The van der Waals surface area contributed by atoms with Gasteiger partial charge in [-0.1, -0.05) is 32.0 Å². The first-order chi connectivity index (χ1) is 9.98. The van der Waals surface area contributed by atoms with Crippen LogP contribution in [0.4, 0.5) is 0 Å². The molecule has 2 heteroatoms. The summed E-state index contributed by atoms with van der Waals surface area (Å²) < 4.78 is 2.38. The second-order valence-electron chi connectivity index (χ2n) is 7.26. The quantitative estimate of drug-likeness (QED) is 0.592. The smallest absolute Gasteiger partial charge is 0.0911 e. The first kappa shape index (κ1) is 12.9. The van der Waals surface area contributed by atoms with Crippen LogP contribution in [0.25, 0.3) is 22.2 Å². The molecule has 0 saturated heterocycles. The van der Waals surface area contributed by atoms with E-state index in [0.717, 1.165) is 11.9 Å².